The zero-order valence-electron chi connectivity index (χ0n) is 10.9. The molecule has 2 heterocycles. The summed E-state index contributed by atoms with van der Waals surface area (Å²) in [5, 5.41) is 9.91. The number of aromatic nitrogens is 4. The normalized spacial score (nSPS) is 10.4. The van der Waals surface area contributed by atoms with Gasteiger partial charge < -0.3 is 5.11 Å². The molecule has 3 aromatic rings. The standard InChI is InChI=1S/C15H12N4O/c1-10-6-13(11-7-16-9-17-8-11)19-15(18-10)12-4-2-3-5-14(12)20/h2-9,20H,1H3. The van der Waals surface area contributed by atoms with Crippen molar-refractivity contribution in [3.63, 3.8) is 0 Å². The maximum absolute atomic E-state index is 9.91. The number of nitrogens with zero attached hydrogens (tertiary/aromatic N) is 4. The van der Waals surface area contributed by atoms with Crippen LogP contribution in [0.15, 0.2) is 49.1 Å². The van der Waals surface area contributed by atoms with E-state index < -0.39 is 0 Å². The summed E-state index contributed by atoms with van der Waals surface area (Å²) in [5.41, 5.74) is 2.97. The van der Waals surface area contributed by atoms with Crippen LogP contribution in [0, 0.1) is 6.92 Å². The minimum atomic E-state index is 0.161. The topological polar surface area (TPSA) is 71.8 Å². The van der Waals surface area contributed by atoms with Crippen molar-refractivity contribution in [3.8, 4) is 28.4 Å². The van der Waals surface area contributed by atoms with Crippen molar-refractivity contribution < 1.29 is 5.11 Å². The highest BCUT2D eigenvalue weighted by atomic mass is 16.3. The van der Waals surface area contributed by atoms with E-state index in [9.17, 15) is 5.11 Å². The summed E-state index contributed by atoms with van der Waals surface area (Å²) < 4.78 is 0. The van der Waals surface area contributed by atoms with Crippen molar-refractivity contribution >= 4 is 0 Å². The third kappa shape index (κ3) is 2.33. The van der Waals surface area contributed by atoms with Crippen molar-refractivity contribution in [1.29, 1.82) is 0 Å². The molecule has 20 heavy (non-hydrogen) atoms. The molecule has 0 fully saturated rings. The molecule has 0 atom stereocenters. The van der Waals surface area contributed by atoms with Crippen LogP contribution in [0.5, 0.6) is 5.75 Å². The number of hydrogen-bond donors (Lipinski definition) is 1. The largest absolute Gasteiger partial charge is 0.507 e. The van der Waals surface area contributed by atoms with E-state index in [1.54, 1.807) is 30.6 Å². The van der Waals surface area contributed by atoms with Gasteiger partial charge in [-0.1, -0.05) is 12.1 Å². The minimum Gasteiger partial charge on any atom is -0.507 e. The summed E-state index contributed by atoms with van der Waals surface area (Å²) in [6.45, 7) is 1.89. The van der Waals surface area contributed by atoms with Gasteiger partial charge in [0.2, 0.25) is 0 Å². The number of benzene rings is 1. The fourth-order valence-electron chi connectivity index (χ4n) is 1.93. The molecule has 0 saturated carbocycles. The van der Waals surface area contributed by atoms with Crippen molar-refractivity contribution in [2.24, 2.45) is 0 Å². The summed E-state index contributed by atoms with van der Waals surface area (Å²) in [7, 11) is 0. The van der Waals surface area contributed by atoms with Gasteiger partial charge in [-0.3, -0.25) is 0 Å². The van der Waals surface area contributed by atoms with Crippen LogP contribution in [-0.2, 0) is 0 Å². The van der Waals surface area contributed by atoms with Crippen LogP contribution in [0.3, 0.4) is 0 Å². The molecule has 0 aliphatic carbocycles. The van der Waals surface area contributed by atoms with Crippen molar-refractivity contribution in [2.75, 3.05) is 0 Å². The summed E-state index contributed by atoms with van der Waals surface area (Å²) >= 11 is 0. The summed E-state index contributed by atoms with van der Waals surface area (Å²) in [4.78, 5) is 16.8. The van der Waals surface area contributed by atoms with Gasteiger partial charge in [-0.05, 0) is 25.1 Å². The molecule has 0 saturated heterocycles. The van der Waals surface area contributed by atoms with Crippen molar-refractivity contribution in [2.45, 2.75) is 6.92 Å². The minimum absolute atomic E-state index is 0.161. The zero-order valence-corrected chi connectivity index (χ0v) is 10.9. The molecule has 1 N–H and O–H groups in total. The maximum Gasteiger partial charge on any atom is 0.163 e. The Morgan fingerprint density at radius 2 is 1.75 bits per heavy atom. The molecule has 0 unspecified atom stereocenters. The molecule has 0 aliphatic rings. The number of rotatable bonds is 2. The van der Waals surface area contributed by atoms with Crippen LogP contribution >= 0.6 is 0 Å². The molecule has 0 radical (unpaired) electrons. The summed E-state index contributed by atoms with van der Waals surface area (Å²) in [6.07, 6.45) is 4.87. The number of para-hydroxylation sites is 1. The summed E-state index contributed by atoms with van der Waals surface area (Å²) in [6, 6.07) is 8.87. The van der Waals surface area contributed by atoms with E-state index in [1.165, 1.54) is 6.33 Å². The third-order valence-electron chi connectivity index (χ3n) is 2.86. The van der Waals surface area contributed by atoms with Gasteiger partial charge in [-0.2, -0.15) is 0 Å². The van der Waals surface area contributed by atoms with E-state index in [-0.39, 0.29) is 5.75 Å². The number of aromatic hydroxyl groups is 1. The lowest BCUT2D eigenvalue weighted by Gasteiger charge is -2.07. The van der Waals surface area contributed by atoms with E-state index >= 15 is 0 Å². The molecule has 2 aromatic heterocycles. The van der Waals surface area contributed by atoms with Gasteiger partial charge in [-0.25, -0.2) is 19.9 Å². The molecule has 0 spiro atoms. The monoisotopic (exact) mass is 264 g/mol. The van der Waals surface area contributed by atoms with Crippen LogP contribution in [0.25, 0.3) is 22.6 Å². The van der Waals surface area contributed by atoms with E-state index in [0.717, 1.165) is 17.0 Å². The van der Waals surface area contributed by atoms with Crippen LogP contribution in [0.4, 0.5) is 0 Å². The average molecular weight is 264 g/mol. The lowest BCUT2D eigenvalue weighted by molar-refractivity contribution is 0.477. The first kappa shape index (κ1) is 12.2. The Bertz CT molecular complexity index is 744. The molecule has 5 nitrogen and oxygen atoms in total. The van der Waals surface area contributed by atoms with Gasteiger partial charge >= 0.3 is 0 Å². The Labute approximate surface area is 116 Å². The summed E-state index contributed by atoms with van der Waals surface area (Å²) in [5.74, 6) is 0.648. The Morgan fingerprint density at radius 3 is 2.50 bits per heavy atom. The molecule has 0 amide bonds. The smallest absolute Gasteiger partial charge is 0.163 e. The molecular weight excluding hydrogens is 252 g/mol. The fraction of sp³-hybridized carbons (Fsp3) is 0.0667. The van der Waals surface area contributed by atoms with Crippen LogP contribution < -0.4 is 0 Å². The second kappa shape index (κ2) is 5.05. The quantitative estimate of drug-likeness (QED) is 0.770. The van der Waals surface area contributed by atoms with Crippen LogP contribution in [-0.4, -0.2) is 25.0 Å². The SMILES string of the molecule is Cc1cc(-c2cncnc2)nc(-c2ccccc2O)n1. The van der Waals surface area contributed by atoms with Crippen molar-refractivity contribution in [1.82, 2.24) is 19.9 Å². The Morgan fingerprint density at radius 1 is 1.00 bits per heavy atom. The van der Waals surface area contributed by atoms with E-state index in [1.807, 2.05) is 19.1 Å². The van der Waals surface area contributed by atoms with Gasteiger partial charge in [0.05, 0.1) is 11.3 Å². The maximum atomic E-state index is 9.91. The van der Waals surface area contributed by atoms with Gasteiger partial charge in [0.1, 0.15) is 12.1 Å². The first-order valence-electron chi connectivity index (χ1n) is 6.13. The first-order chi connectivity index (χ1) is 9.74. The number of phenolic OH excluding ortho intramolecular Hbond substituents is 1. The lowest BCUT2D eigenvalue weighted by atomic mass is 10.1. The molecule has 98 valence electrons. The Balaban J connectivity index is 2.15. The molecule has 1 aromatic carbocycles. The number of aryl methyl sites for hydroxylation is 1. The van der Waals surface area contributed by atoms with Crippen LogP contribution in [0.2, 0.25) is 0 Å². The number of hydrogen-bond acceptors (Lipinski definition) is 5. The third-order valence-corrected chi connectivity index (χ3v) is 2.86. The fourth-order valence-corrected chi connectivity index (χ4v) is 1.93. The van der Waals surface area contributed by atoms with E-state index in [4.69, 9.17) is 0 Å². The van der Waals surface area contributed by atoms with Crippen LogP contribution in [0.1, 0.15) is 5.69 Å². The predicted octanol–water partition coefficient (Wildman–Crippen LogP) is 2.61. The highest BCUT2D eigenvalue weighted by molar-refractivity contribution is 5.67. The zero-order chi connectivity index (χ0) is 13.9. The highest BCUT2D eigenvalue weighted by Crippen LogP contribution is 2.27. The lowest BCUT2D eigenvalue weighted by Crippen LogP contribution is -1.96. The molecule has 3 rings (SSSR count). The van der Waals surface area contributed by atoms with Gasteiger partial charge in [-0.15, -0.1) is 0 Å². The van der Waals surface area contributed by atoms with E-state index in [2.05, 4.69) is 19.9 Å². The molecule has 5 heteroatoms. The number of phenols is 1. The molecule has 0 aliphatic heterocycles. The van der Waals surface area contributed by atoms with Gasteiger partial charge in [0.25, 0.3) is 0 Å². The first-order valence-corrected chi connectivity index (χ1v) is 6.13. The Kier molecular flexibility index (Phi) is 3.09. The molecular formula is C15H12N4O. The van der Waals surface area contributed by atoms with Gasteiger partial charge in [0, 0.05) is 23.7 Å². The average Bonchev–Trinajstić information content (AvgIpc) is 2.48. The predicted molar refractivity (Wildman–Crippen MR) is 74.9 cm³/mol. The second-order valence-electron chi connectivity index (χ2n) is 4.36. The second-order valence-corrected chi connectivity index (χ2v) is 4.36. The highest BCUT2D eigenvalue weighted by Gasteiger charge is 2.10. The molecule has 0 bridgehead atoms. The van der Waals surface area contributed by atoms with E-state index in [0.29, 0.717) is 11.4 Å². The van der Waals surface area contributed by atoms with Gasteiger partial charge in [0.15, 0.2) is 5.82 Å². The van der Waals surface area contributed by atoms with Crippen molar-refractivity contribution in [3.05, 3.63) is 54.7 Å². The Hall–Kier alpha value is -2.82.